The Morgan fingerprint density at radius 2 is 2.23 bits per heavy atom. The number of aromatic amines is 1. The van der Waals surface area contributed by atoms with Crippen LogP contribution >= 0.6 is 0 Å². The van der Waals surface area contributed by atoms with E-state index in [0.29, 0.717) is 0 Å². The van der Waals surface area contributed by atoms with Gasteiger partial charge in [0.05, 0.1) is 11.7 Å². The summed E-state index contributed by atoms with van der Waals surface area (Å²) in [7, 11) is 1.85. The highest BCUT2D eigenvalue weighted by Crippen LogP contribution is 2.37. The summed E-state index contributed by atoms with van der Waals surface area (Å²) in [5, 5.41) is 10.2. The van der Waals surface area contributed by atoms with E-state index in [2.05, 4.69) is 39.3 Å². The first kappa shape index (κ1) is 12.8. The lowest BCUT2D eigenvalue weighted by Gasteiger charge is -2.19. The van der Waals surface area contributed by atoms with Crippen LogP contribution in [0.3, 0.4) is 0 Å². The van der Waals surface area contributed by atoms with E-state index in [-0.39, 0.29) is 6.04 Å². The molecule has 0 saturated heterocycles. The van der Waals surface area contributed by atoms with Crippen molar-refractivity contribution in [2.24, 2.45) is 0 Å². The average molecular weight is 289 g/mol. The summed E-state index contributed by atoms with van der Waals surface area (Å²) in [6.45, 7) is 0. The summed E-state index contributed by atoms with van der Waals surface area (Å²) in [5.74, 6) is 0. The average Bonchev–Trinajstić information content (AvgIpc) is 3.19. The van der Waals surface area contributed by atoms with E-state index in [4.69, 9.17) is 0 Å². The van der Waals surface area contributed by atoms with Crippen LogP contribution in [0.5, 0.6) is 0 Å². The van der Waals surface area contributed by atoms with Gasteiger partial charge in [-0.15, -0.1) is 0 Å². The van der Waals surface area contributed by atoms with Crippen LogP contribution in [0.15, 0.2) is 36.8 Å². The minimum absolute atomic E-state index is 0.170. The summed E-state index contributed by atoms with van der Waals surface area (Å²) in [4.78, 5) is 13.5. The lowest BCUT2D eigenvalue weighted by molar-refractivity contribution is 0.350. The Morgan fingerprint density at radius 3 is 3.09 bits per heavy atom. The zero-order valence-corrected chi connectivity index (χ0v) is 12.2. The third kappa shape index (κ3) is 1.85. The molecule has 1 unspecified atom stereocenters. The number of H-pyrrole nitrogens is 1. The minimum atomic E-state index is 0.170. The van der Waals surface area contributed by atoms with E-state index in [1.54, 1.807) is 11.2 Å². The van der Waals surface area contributed by atoms with Crippen molar-refractivity contribution >= 4 is 11.0 Å². The van der Waals surface area contributed by atoms with Gasteiger partial charge in [-0.25, -0.2) is 9.97 Å². The highest BCUT2D eigenvalue weighted by Gasteiger charge is 2.26. The molecule has 0 aliphatic heterocycles. The Balaban J connectivity index is 1.85. The molecule has 2 heterocycles. The highest BCUT2D eigenvalue weighted by molar-refractivity contribution is 5.90. The van der Waals surface area contributed by atoms with E-state index < -0.39 is 0 Å². The Labute approximate surface area is 128 Å². The molecule has 5 nitrogen and oxygen atoms in total. The fourth-order valence-electron chi connectivity index (χ4n) is 3.30. The predicted octanol–water partition coefficient (Wildman–Crippen LogP) is 3.03. The third-order valence-electron chi connectivity index (χ3n) is 4.44. The second kappa shape index (κ2) is 4.85. The summed E-state index contributed by atoms with van der Waals surface area (Å²) >= 11 is 0. The molecule has 22 heavy (non-hydrogen) atoms. The van der Waals surface area contributed by atoms with Gasteiger partial charge in [0.2, 0.25) is 0 Å². The van der Waals surface area contributed by atoms with Gasteiger partial charge in [0.25, 0.3) is 0 Å². The van der Waals surface area contributed by atoms with Crippen LogP contribution in [0, 0.1) is 11.5 Å². The van der Waals surface area contributed by atoms with Crippen molar-refractivity contribution in [1.29, 1.82) is 5.26 Å². The predicted molar refractivity (Wildman–Crippen MR) is 83.8 cm³/mol. The van der Waals surface area contributed by atoms with E-state index in [0.717, 1.165) is 35.1 Å². The molecular formula is C17H15N5. The van der Waals surface area contributed by atoms with Crippen LogP contribution in [0.25, 0.3) is 22.3 Å². The largest absolute Gasteiger partial charge is 0.346 e. The molecule has 1 aromatic carbocycles. The van der Waals surface area contributed by atoms with Crippen LogP contribution in [0.1, 0.15) is 23.6 Å². The van der Waals surface area contributed by atoms with Gasteiger partial charge >= 0.3 is 0 Å². The van der Waals surface area contributed by atoms with Gasteiger partial charge in [-0.3, -0.25) is 0 Å². The molecule has 1 atom stereocenters. The van der Waals surface area contributed by atoms with E-state index in [9.17, 15) is 5.26 Å². The molecule has 1 aliphatic rings. The number of nitrogens with zero attached hydrogens (tertiary/aromatic N) is 4. The molecule has 4 rings (SSSR count). The van der Waals surface area contributed by atoms with Gasteiger partial charge in [-0.05, 0) is 36.1 Å². The van der Waals surface area contributed by atoms with Crippen LogP contribution in [0.4, 0.5) is 0 Å². The number of aromatic nitrogens is 3. The molecule has 0 fully saturated rings. The maximum atomic E-state index is 9.17. The van der Waals surface area contributed by atoms with Crippen molar-refractivity contribution in [2.45, 2.75) is 18.9 Å². The Kier molecular flexibility index (Phi) is 2.83. The van der Waals surface area contributed by atoms with Gasteiger partial charge < -0.3 is 9.88 Å². The second-order valence-corrected chi connectivity index (χ2v) is 5.64. The van der Waals surface area contributed by atoms with Crippen LogP contribution < -0.4 is 0 Å². The van der Waals surface area contributed by atoms with Crippen molar-refractivity contribution in [3.63, 3.8) is 0 Å². The molecule has 1 aliphatic carbocycles. The summed E-state index contributed by atoms with van der Waals surface area (Å²) in [6, 6.07) is 8.62. The molecule has 0 bridgehead atoms. The number of hydrogen-bond acceptors (Lipinski definition) is 4. The Bertz CT molecular complexity index is 889. The van der Waals surface area contributed by atoms with Gasteiger partial charge in [-0.1, -0.05) is 12.1 Å². The lowest BCUT2D eigenvalue weighted by Crippen LogP contribution is -2.16. The standard InChI is InChI=1S/C17H15N5/c1-22(9-18)15-5-4-11-2-3-12(8-14(11)15)16-13-6-7-19-17(13)21-10-20-16/h2-3,6-8,10,15H,4-5H2,1H3,(H,19,20,21). The molecule has 3 aromatic rings. The van der Waals surface area contributed by atoms with Gasteiger partial charge in [0.15, 0.2) is 6.19 Å². The number of rotatable bonds is 2. The van der Waals surface area contributed by atoms with Gasteiger partial charge in [0, 0.05) is 24.2 Å². The van der Waals surface area contributed by atoms with Crippen molar-refractivity contribution < 1.29 is 0 Å². The van der Waals surface area contributed by atoms with Crippen molar-refractivity contribution in [3.8, 4) is 17.5 Å². The normalized spacial score (nSPS) is 16.5. The zero-order chi connectivity index (χ0) is 15.1. The summed E-state index contributed by atoms with van der Waals surface area (Å²) in [6.07, 6.45) is 7.71. The number of nitriles is 1. The number of fused-ring (bicyclic) bond motifs is 2. The maximum absolute atomic E-state index is 9.17. The zero-order valence-electron chi connectivity index (χ0n) is 12.2. The fraction of sp³-hybridized carbons (Fsp3) is 0.235. The summed E-state index contributed by atoms with van der Waals surface area (Å²) in [5.41, 5.74) is 5.42. The van der Waals surface area contributed by atoms with Crippen molar-refractivity contribution in [1.82, 2.24) is 19.9 Å². The molecular weight excluding hydrogens is 274 g/mol. The maximum Gasteiger partial charge on any atom is 0.179 e. The Hall–Kier alpha value is -2.87. The Morgan fingerprint density at radius 1 is 1.32 bits per heavy atom. The molecule has 5 heteroatoms. The SMILES string of the molecule is CN(C#N)C1CCc2ccc(-c3ncnc4[nH]ccc34)cc21. The molecule has 0 radical (unpaired) electrons. The topological polar surface area (TPSA) is 68.6 Å². The first-order valence-electron chi connectivity index (χ1n) is 7.32. The van der Waals surface area contributed by atoms with Crippen LogP contribution in [-0.4, -0.2) is 26.9 Å². The van der Waals surface area contributed by atoms with E-state index in [1.165, 1.54) is 11.1 Å². The number of benzene rings is 1. The highest BCUT2D eigenvalue weighted by atomic mass is 15.1. The van der Waals surface area contributed by atoms with E-state index in [1.807, 2.05) is 19.3 Å². The molecule has 1 N–H and O–H groups in total. The smallest absolute Gasteiger partial charge is 0.179 e. The first-order valence-corrected chi connectivity index (χ1v) is 7.32. The molecule has 2 aromatic heterocycles. The van der Waals surface area contributed by atoms with Crippen LogP contribution in [0.2, 0.25) is 0 Å². The van der Waals surface area contributed by atoms with Gasteiger partial charge in [-0.2, -0.15) is 5.26 Å². The second-order valence-electron chi connectivity index (χ2n) is 5.64. The van der Waals surface area contributed by atoms with Crippen LogP contribution in [-0.2, 0) is 6.42 Å². The molecule has 0 amide bonds. The number of nitrogens with one attached hydrogen (secondary N) is 1. The van der Waals surface area contributed by atoms with Crippen molar-refractivity contribution in [3.05, 3.63) is 47.9 Å². The molecule has 0 spiro atoms. The lowest BCUT2D eigenvalue weighted by atomic mass is 10.0. The van der Waals surface area contributed by atoms with Gasteiger partial charge in [0.1, 0.15) is 12.0 Å². The first-order chi connectivity index (χ1) is 10.8. The van der Waals surface area contributed by atoms with E-state index >= 15 is 0 Å². The molecule has 108 valence electrons. The number of hydrogen-bond donors (Lipinski definition) is 1. The monoisotopic (exact) mass is 289 g/mol. The van der Waals surface area contributed by atoms with Crippen molar-refractivity contribution in [2.75, 3.05) is 7.05 Å². The number of aryl methyl sites for hydroxylation is 1. The quantitative estimate of drug-likeness (QED) is 0.581. The minimum Gasteiger partial charge on any atom is -0.346 e. The fourth-order valence-corrected chi connectivity index (χ4v) is 3.30. The molecule has 0 saturated carbocycles. The summed E-state index contributed by atoms with van der Waals surface area (Å²) < 4.78 is 0. The third-order valence-corrected chi connectivity index (χ3v) is 4.44.